The van der Waals surface area contributed by atoms with Gasteiger partial charge in [0.1, 0.15) is 5.84 Å². The van der Waals surface area contributed by atoms with E-state index >= 15 is 0 Å². The van der Waals surface area contributed by atoms with Gasteiger partial charge in [0.2, 0.25) is 0 Å². The van der Waals surface area contributed by atoms with Crippen LogP contribution >= 0.6 is 11.6 Å². The summed E-state index contributed by atoms with van der Waals surface area (Å²) in [6.07, 6.45) is 1.82. The van der Waals surface area contributed by atoms with Crippen LogP contribution in [-0.4, -0.2) is 42.0 Å². The first-order valence-corrected chi connectivity index (χ1v) is 11.9. The number of benzene rings is 3. The SMILES string of the molecule is CC(=Nc1ccc(CN2CCOCC2)cc1)Nc1ccc(Cl)c(-c2nccc3ccccc23)c1. The standard InChI is InChI=1S/C28H27ClN4O/c1-20(31-23-8-6-21(7-9-23)19-33-14-16-34-17-15-33)32-24-10-11-27(29)26(18-24)28-25-5-3-2-4-22(25)12-13-30-28/h2-13,18H,14-17,19H2,1H3,(H,31,32). The van der Waals surface area contributed by atoms with Gasteiger partial charge >= 0.3 is 0 Å². The fraction of sp³-hybridized carbons (Fsp3) is 0.214. The molecule has 6 heteroatoms. The second-order valence-electron chi connectivity index (χ2n) is 8.45. The van der Waals surface area contributed by atoms with Gasteiger partial charge in [0.05, 0.1) is 29.6 Å². The molecule has 0 bridgehead atoms. The molecule has 1 fully saturated rings. The highest BCUT2D eigenvalue weighted by atomic mass is 35.5. The van der Waals surface area contributed by atoms with Crippen molar-refractivity contribution < 1.29 is 4.74 Å². The van der Waals surface area contributed by atoms with E-state index in [1.54, 1.807) is 0 Å². The second-order valence-corrected chi connectivity index (χ2v) is 8.86. The van der Waals surface area contributed by atoms with Gasteiger partial charge in [0.15, 0.2) is 0 Å². The monoisotopic (exact) mass is 470 g/mol. The van der Waals surface area contributed by atoms with E-state index in [-0.39, 0.29) is 0 Å². The first-order valence-electron chi connectivity index (χ1n) is 11.5. The molecule has 0 saturated carbocycles. The molecule has 0 aliphatic carbocycles. The number of fused-ring (bicyclic) bond motifs is 1. The molecule has 4 aromatic rings. The van der Waals surface area contributed by atoms with Gasteiger partial charge in [-0.2, -0.15) is 0 Å². The predicted molar refractivity (Wildman–Crippen MR) is 141 cm³/mol. The summed E-state index contributed by atoms with van der Waals surface area (Å²) in [5.74, 6) is 0.806. The lowest BCUT2D eigenvalue weighted by Crippen LogP contribution is -2.35. The quantitative estimate of drug-likeness (QED) is 0.265. The number of pyridine rings is 1. The summed E-state index contributed by atoms with van der Waals surface area (Å²) < 4.78 is 5.43. The largest absolute Gasteiger partial charge is 0.379 e. The van der Waals surface area contributed by atoms with Crippen LogP contribution in [0.1, 0.15) is 12.5 Å². The van der Waals surface area contributed by atoms with Gasteiger partial charge in [0.25, 0.3) is 0 Å². The van der Waals surface area contributed by atoms with Crippen molar-refractivity contribution in [2.75, 3.05) is 31.6 Å². The van der Waals surface area contributed by atoms with E-state index < -0.39 is 0 Å². The van der Waals surface area contributed by atoms with Crippen LogP contribution in [0.4, 0.5) is 11.4 Å². The minimum absolute atomic E-state index is 0.667. The number of aromatic nitrogens is 1. The van der Waals surface area contributed by atoms with E-state index in [1.807, 2.05) is 49.5 Å². The van der Waals surface area contributed by atoms with Crippen molar-refractivity contribution >= 4 is 39.6 Å². The molecule has 3 aromatic carbocycles. The number of ether oxygens (including phenoxy) is 1. The Hall–Kier alpha value is -3.25. The molecular weight excluding hydrogens is 444 g/mol. The fourth-order valence-corrected chi connectivity index (χ4v) is 4.45. The number of aliphatic imine (C=N–C) groups is 1. The van der Waals surface area contributed by atoms with Gasteiger partial charge in [0, 0.05) is 42.5 Å². The summed E-state index contributed by atoms with van der Waals surface area (Å²) in [6.45, 7) is 6.51. The van der Waals surface area contributed by atoms with Crippen LogP contribution in [0.3, 0.4) is 0 Å². The van der Waals surface area contributed by atoms with E-state index in [0.717, 1.165) is 72.1 Å². The first kappa shape index (κ1) is 22.5. The zero-order valence-electron chi connectivity index (χ0n) is 19.2. The number of nitrogens with one attached hydrogen (secondary N) is 1. The normalized spacial score (nSPS) is 14.9. The molecule has 34 heavy (non-hydrogen) atoms. The minimum Gasteiger partial charge on any atom is -0.379 e. The average molecular weight is 471 g/mol. The maximum Gasteiger partial charge on any atom is 0.103 e. The Morgan fingerprint density at radius 1 is 1.03 bits per heavy atom. The molecule has 1 aliphatic heterocycles. The maximum atomic E-state index is 6.57. The molecule has 0 spiro atoms. The Balaban J connectivity index is 1.32. The Kier molecular flexibility index (Phi) is 6.86. The molecule has 1 saturated heterocycles. The highest BCUT2D eigenvalue weighted by molar-refractivity contribution is 6.33. The van der Waals surface area contributed by atoms with Crippen molar-refractivity contribution in [2.45, 2.75) is 13.5 Å². The van der Waals surface area contributed by atoms with E-state index in [9.17, 15) is 0 Å². The Morgan fingerprint density at radius 3 is 2.65 bits per heavy atom. The van der Waals surface area contributed by atoms with Crippen LogP contribution in [0.25, 0.3) is 22.0 Å². The predicted octanol–water partition coefficient (Wildman–Crippen LogP) is 6.55. The summed E-state index contributed by atoms with van der Waals surface area (Å²) in [6, 6.07) is 24.5. The zero-order valence-corrected chi connectivity index (χ0v) is 19.9. The van der Waals surface area contributed by atoms with E-state index in [4.69, 9.17) is 21.3 Å². The van der Waals surface area contributed by atoms with E-state index in [2.05, 4.69) is 51.6 Å². The van der Waals surface area contributed by atoms with Crippen molar-refractivity contribution in [3.8, 4) is 11.3 Å². The smallest absolute Gasteiger partial charge is 0.103 e. The number of hydrogen-bond acceptors (Lipinski definition) is 4. The molecule has 5 rings (SSSR count). The number of morpholine rings is 1. The topological polar surface area (TPSA) is 49.8 Å². The van der Waals surface area contributed by atoms with Crippen LogP contribution in [0.15, 0.2) is 84.0 Å². The Labute approximate surface area is 205 Å². The lowest BCUT2D eigenvalue weighted by molar-refractivity contribution is 0.0342. The van der Waals surface area contributed by atoms with Gasteiger partial charge in [-0.3, -0.25) is 9.88 Å². The molecule has 2 heterocycles. The number of amidine groups is 1. The third-order valence-electron chi connectivity index (χ3n) is 5.96. The molecule has 0 atom stereocenters. The van der Waals surface area contributed by atoms with Gasteiger partial charge in [-0.25, -0.2) is 4.99 Å². The summed E-state index contributed by atoms with van der Waals surface area (Å²) in [5.41, 5.74) is 4.89. The minimum atomic E-state index is 0.667. The Morgan fingerprint density at radius 2 is 1.82 bits per heavy atom. The van der Waals surface area contributed by atoms with Gasteiger partial charge in [-0.15, -0.1) is 0 Å². The molecule has 0 radical (unpaired) electrons. The maximum absolute atomic E-state index is 6.57. The van der Waals surface area contributed by atoms with Crippen LogP contribution in [0.2, 0.25) is 5.02 Å². The number of halogens is 1. The number of hydrogen-bond donors (Lipinski definition) is 1. The lowest BCUT2D eigenvalue weighted by atomic mass is 10.0. The van der Waals surface area contributed by atoms with Crippen molar-refractivity contribution in [2.24, 2.45) is 4.99 Å². The highest BCUT2D eigenvalue weighted by Crippen LogP contribution is 2.33. The molecule has 5 nitrogen and oxygen atoms in total. The average Bonchev–Trinajstić information content (AvgIpc) is 2.87. The molecule has 0 unspecified atom stereocenters. The van der Waals surface area contributed by atoms with E-state index in [0.29, 0.717) is 5.02 Å². The van der Waals surface area contributed by atoms with Crippen molar-refractivity contribution in [1.29, 1.82) is 0 Å². The molecular formula is C28H27ClN4O. The lowest BCUT2D eigenvalue weighted by Gasteiger charge is -2.26. The van der Waals surface area contributed by atoms with Gasteiger partial charge in [-0.1, -0.05) is 48.0 Å². The van der Waals surface area contributed by atoms with Crippen molar-refractivity contribution in [1.82, 2.24) is 9.88 Å². The summed E-state index contributed by atoms with van der Waals surface area (Å²) in [4.78, 5) is 11.8. The molecule has 1 aliphatic rings. The molecule has 0 amide bonds. The summed E-state index contributed by atoms with van der Waals surface area (Å²) in [5, 5.41) is 6.28. The van der Waals surface area contributed by atoms with E-state index in [1.165, 1.54) is 5.56 Å². The number of nitrogens with zero attached hydrogens (tertiary/aromatic N) is 3. The highest BCUT2D eigenvalue weighted by Gasteiger charge is 2.12. The number of rotatable bonds is 5. The summed E-state index contributed by atoms with van der Waals surface area (Å²) in [7, 11) is 0. The third-order valence-corrected chi connectivity index (χ3v) is 6.29. The Bertz CT molecular complexity index is 1310. The fourth-order valence-electron chi connectivity index (χ4n) is 4.24. The van der Waals surface area contributed by atoms with Crippen molar-refractivity contribution in [3.05, 3.63) is 89.6 Å². The molecule has 1 aromatic heterocycles. The third kappa shape index (κ3) is 5.28. The summed E-state index contributed by atoms with van der Waals surface area (Å²) >= 11 is 6.57. The van der Waals surface area contributed by atoms with Crippen LogP contribution < -0.4 is 5.32 Å². The number of anilines is 1. The van der Waals surface area contributed by atoms with Crippen LogP contribution in [-0.2, 0) is 11.3 Å². The van der Waals surface area contributed by atoms with Crippen molar-refractivity contribution in [3.63, 3.8) is 0 Å². The van der Waals surface area contributed by atoms with Gasteiger partial charge < -0.3 is 10.1 Å². The van der Waals surface area contributed by atoms with Gasteiger partial charge in [-0.05, 0) is 54.3 Å². The second kappa shape index (κ2) is 10.3. The molecule has 172 valence electrons. The van der Waals surface area contributed by atoms with Crippen LogP contribution in [0.5, 0.6) is 0 Å². The zero-order chi connectivity index (χ0) is 23.3. The first-order chi connectivity index (χ1) is 16.7. The van der Waals surface area contributed by atoms with Crippen LogP contribution in [0, 0.1) is 0 Å². The molecule has 1 N–H and O–H groups in total.